The second kappa shape index (κ2) is 8.04. The summed E-state index contributed by atoms with van der Waals surface area (Å²) in [7, 11) is 0. The van der Waals surface area contributed by atoms with E-state index >= 15 is 0 Å². The minimum atomic E-state index is -0.139. The van der Waals surface area contributed by atoms with Gasteiger partial charge >= 0.3 is 6.03 Å². The maximum Gasteiger partial charge on any atom is 0.322 e. The Morgan fingerprint density at radius 2 is 1.75 bits per heavy atom. The van der Waals surface area contributed by atoms with Crippen LogP contribution in [0.2, 0.25) is 0 Å². The molecule has 1 aromatic heterocycles. The number of para-hydroxylation sites is 3. The topological polar surface area (TPSA) is 70.8 Å². The van der Waals surface area contributed by atoms with E-state index < -0.39 is 0 Å². The van der Waals surface area contributed by atoms with E-state index in [0.717, 1.165) is 17.3 Å². The Labute approximate surface area is 163 Å². The number of anilines is 2. The predicted octanol–water partition coefficient (Wildman–Crippen LogP) is 4.13. The summed E-state index contributed by atoms with van der Waals surface area (Å²) in [5.41, 5.74) is 0.644. The van der Waals surface area contributed by atoms with Crippen molar-refractivity contribution in [1.82, 2.24) is 10.1 Å². The maximum absolute atomic E-state index is 12.7. The molecule has 1 saturated heterocycles. The fraction of sp³-hybridized carbons (Fsp3) is 0.238. The average molecular weight is 378 g/mol. The molecule has 1 fully saturated rings. The van der Waals surface area contributed by atoms with Gasteiger partial charge in [0.15, 0.2) is 11.6 Å². The van der Waals surface area contributed by atoms with Crippen LogP contribution in [0.1, 0.15) is 5.76 Å². The minimum Gasteiger partial charge on any atom is -0.455 e. The lowest BCUT2D eigenvalue weighted by Gasteiger charge is -2.34. The molecule has 28 heavy (non-hydrogen) atoms. The van der Waals surface area contributed by atoms with Crippen molar-refractivity contribution in [1.29, 1.82) is 0 Å². The number of urea groups is 1. The van der Waals surface area contributed by atoms with Crippen LogP contribution in [0.25, 0.3) is 0 Å². The number of amides is 2. The van der Waals surface area contributed by atoms with E-state index in [1.165, 1.54) is 0 Å². The summed E-state index contributed by atoms with van der Waals surface area (Å²) in [5.74, 6) is 2.93. The Morgan fingerprint density at radius 3 is 2.46 bits per heavy atom. The Balaban J connectivity index is 1.38. The van der Waals surface area contributed by atoms with Crippen LogP contribution in [0.5, 0.6) is 11.5 Å². The number of hydrogen-bond acceptors (Lipinski definition) is 5. The minimum absolute atomic E-state index is 0.139. The third kappa shape index (κ3) is 4.09. The highest BCUT2D eigenvalue weighted by Crippen LogP contribution is 2.29. The van der Waals surface area contributed by atoms with Crippen LogP contribution in [0.15, 0.2) is 65.2 Å². The molecule has 0 aliphatic carbocycles. The number of carbonyl (C=O) groups excluding carboxylic acids is 1. The number of rotatable bonds is 4. The lowest BCUT2D eigenvalue weighted by Crippen LogP contribution is -2.50. The monoisotopic (exact) mass is 378 g/mol. The normalized spacial score (nSPS) is 14.0. The van der Waals surface area contributed by atoms with Crippen molar-refractivity contribution in [3.05, 3.63) is 66.4 Å². The van der Waals surface area contributed by atoms with E-state index in [1.54, 1.807) is 4.90 Å². The zero-order chi connectivity index (χ0) is 19.3. The van der Waals surface area contributed by atoms with Crippen LogP contribution in [-0.4, -0.2) is 42.3 Å². The highest BCUT2D eigenvalue weighted by atomic mass is 16.5. The molecule has 7 heteroatoms. The fourth-order valence-corrected chi connectivity index (χ4v) is 3.11. The van der Waals surface area contributed by atoms with Crippen LogP contribution in [-0.2, 0) is 0 Å². The van der Waals surface area contributed by atoms with Crippen LogP contribution in [0, 0.1) is 6.92 Å². The molecule has 144 valence electrons. The number of ether oxygens (including phenoxy) is 1. The fourth-order valence-electron chi connectivity index (χ4n) is 3.11. The third-order valence-corrected chi connectivity index (χ3v) is 4.61. The van der Waals surface area contributed by atoms with E-state index in [0.29, 0.717) is 37.6 Å². The molecule has 2 heterocycles. The van der Waals surface area contributed by atoms with Gasteiger partial charge in [-0.1, -0.05) is 35.5 Å². The van der Waals surface area contributed by atoms with Crippen molar-refractivity contribution < 1.29 is 14.1 Å². The van der Waals surface area contributed by atoms with Gasteiger partial charge in [0.1, 0.15) is 11.5 Å². The number of hydrogen-bond donors (Lipinski definition) is 1. The highest BCUT2D eigenvalue weighted by molar-refractivity contribution is 5.91. The molecule has 0 spiro atoms. The number of benzene rings is 2. The van der Waals surface area contributed by atoms with E-state index in [1.807, 2.05) is 67.6 Å². The van der Waals surface area contributed by atoms with Gasteiger partial charge in [0.05, 0.1) is 5.69 Å². The van der Waals surface area contributed by atoms with Gasteiger partial charge in [0, 0.05) is 32.2 Å². The van der Waals surface area contributed by atoms with Crippen molar-refractivity contribution >= 4 is 17.5 Å². The largest absolute Gasteiger partial charge is 0.455 e. The van der Waals surface area contributed by atoms with Gasteiger partial charge in [0.2, 0.25) is 0 Å². The van der Waals surface area contributed by atoms with E-state index in [9.17, 15) is 4.79 Å². The van der Waals surface area contributed by atoms with Gasteiger partial charge in [-0.3, -0.25) is 0 Å². The first-order chi connectivity index (χ1) is 13.7. The van der Waals surface area contributed by atoms with Gasteiger partial charge in [0.25, 0.3) is 0 Å². The molecule has 3 aromatic rings. The molecule has 2 amide bonds. The summed E-state index contributed by atoms with van der Waals surface area (Å²) in [6.07, 6.45) is 0. The number of aryl methyl sites for hydroxylation is 1. The van der Waals surface area contributed by atoms with Gasteiger partial charge in [-0.25, -0.2) is 4.79 Å². The van der Waals surface area contributed by atoms with Crippen LogP contribution in [0.4, 0.5) is 16.3 Å². The summed E-state index contributed by atoms with van der Waals surface area (Å²) in [6, 6.07) is 18.7. The zero-order valence-electron chi connectivity index (χ0n) is 15.7. The molecular formula is C21H22N4O3. The van der Waals surface area contributed by atoms with Crippen molar-refractivity contribution in [2.24, 2.45) is 0 Å². The number of aromatic nitrogens is 1. The summed E-state index contributed by atoms with van der Waals surface area (Å²) in [6.45, 7) is 4.51. The molecule has 0 saturated carbocycles. The van der Waals surface area contributed by atoms with Crippen molar-refractivity contribution in [2.45, 2.75) is 6.92 Å². The standard InChI is InChI=1S/C21H22N4O3/c1-16-15-20(23-28-16)24-11-13-25(14-12-24)21(26)22-18-9-5-6-10-19(18)27-17-7-3-2-4-8-17/h2-10,15H,11-14H2,1H3,(H,22,26). The highest BCUT2D eigenvalue weighted by Gasteiger charge is 2.23. The number of nitrogens with one attached hydrogen (secondary N) is 1. The Hall–Kier alpha value is -3.48. The van der Waals surface area contributed by atoms with E-state index in [-0.39, 0.29) is 6.03 Å². The van der Waals surface area contributed by atoms with E-state index in [4.69, 9.17) is 9.26 Å². The average Bonchev–Trinajstić information content (AvgIpc) is 3.17. The third-order valence-electron chi connectivity index (χ3n) is 4.61. The molecule has 0 bridgehead atoms. The molecule has 1 aliphatic rings. The zero-order valence-corrected chi connectivity index (χ0v) is 15.7. The van der Waals surface area contributed by atoms with Crippen molar-refractivity contribution in [3.8, 4) is 11.5 Å². The van der Waals surface area contributed by atoms with Crippen molar-refractivity contribution in [2.75, 3.05) is 36.4 Å². The number of nitrogens with zero attached hydrogens (tertiary/aromatic N) is 3. The van der Waals surface area contributed by atoms with Crippen LogP contribution >= 0.6 is 0 Å². The molecular weight excluding hydrogens is 356 g/mol. The summed E-state index contributed by atoms with van der Waals surface area (Å²) in [4.78, 5) is 16.6. The van der Waals surface area contributed by atoms with Gasteiger partial charge in [-0.15, -0.1) is 0 Å². The Bertz CT molecular complexity index is 934. The lowest BCUT2D eigenvalue weighted by molar-refractivity contribution is 0.208. The first kappa shape index (κ1) is 17.9. The summed E-state index contributed by atoms with van der Waals surface area (Å²) in [5, 5.41) is 7.01. The Kier molecular flexibility index (Phi) is 5.14. The van der Waals surface area contributed by atoms with Gasteiger partial charge in [-0.05, 0) is 31.2 Å². The van der Waals surface area contributed by atoms with E-state index in [2.05, 4.69) is 15.4 Å². The SMILES string of the molecule is Cc1cc(N2CCN(C(=O)Nc3ccccc3Oc3ccccc3)CC2)no1. The molecule has 1 aliphatic heterocycles. The number of piperazine rings is 1. The van der Waals surface area contributed by atoms with Gasteiger partial charge in [-0.2, -0.15) is 0 Å². The Morgan fingerprint density at radius 1 is 1.04 bits per heavy atom. The second-order valence-corrected chi connectivity index (χ2v) is 6.61. The quantitative estimate of drug-likeness (QED) is 0.739. The summed E-state index contributed by atoms with van der Waals surface area (Å²) >= 11 is 0. The lowest BCUT2D eigenvalue weighted by atomic mass is 10.2. The smallest absolute Gasteiger partial charge is 0.322 e. The molecule has 7 nitrogen and oxygen atoms in total. The van der Waals surface area contributed by atoms with Crippen molar-refractivity contribution in [3.63, 3.8) is 0 Å². The molecule has 1 N–H and O–H groups in total. The van der Waals surface area contributed by atoms with Gasteiger partial charge < -0.3 is 24.4 Å². The first-order valence-corrected chi connectivity index (χ1v) is 9.25. The molecule has 0 unspecified atom stereocenters. The summed E-state index contributed by atoms with van der Waals surface area (Å²) < 4.78 is 11.0. The molecule has 4 rings (SSSR count). The molecule has 0 atom stereocenters. The number of carbonyl (C=O) groups is 1. The van der Waals surface area contributed by atoms with Crippen LogP contribution < -0.4 is 15.0 Å². The second-order valence-electron chi connectivity index (χ2n) is 6.61. The molecule has 0 radical (unpaired) electrons. The van der Waals surface area contributed by atoms with Crippen LogP contribution in [0.3, 0.4) is 0 Å². The predicted molar refractivity (Wildman–Crippen MR) is 107 cm³/mol. The first-order valence-electron chi connectivity index (χ1n) is 9.25. The maximum atomic E-state index is 12.7. The molecule has 2 aromatic carbocycles.